The van der Waals surface area contributed by atoms with Crippen LogP contribution in [0.1, 0.15) is 5.56 Å². The lowest BCUT2D eigenvalue weighted by Crippen LogP contribution is -2.04. The Morgan fingerprint density at radius 3 is 2.67 bits per heavy atom. The van der Waals surface area contributed by atoms with Gasteiger partial charge in [0, 0.05) is 13.6 Å². The standard InChI is InChI=1S/C13H12ClFN4O2/c1-16-12-5-9(19(20)21)6-13(18-12)17-7-8-2-3-11(15)10(14)4-8/h2-6H,7H2,1H3,(H2,16,17,18). The van der Waals surface area contributed by atoms with E-state index in [0.29, 0.717) is 18.2 Å². The molecule has 6 nitrogen and oxygen atoms in total. The lowest BCUT2D eigenvalue weighted by molar-refractivity contribution is -0.384. The Kier molecular flexibility index (Phi) is 4.54. The van der Waals surface area contributed by atoms with Crippen molar-refractivity contribution in [1.82, 2.24) is 4.98 Å². The summed E-state index contributed by atoms with van der Waals surface area (Å²) in [6.07, 6.45) is 0. The predicted molar refractivity (Wildman–Crippen MR) is 79.2 cm³/mol. The highest BCUT2D eigenvalue weighted by atomic mass is 35.5. The third kappa shape index (κ3) is 3.79. The van der Waals surface area contributed by atoms with Crippen molar-refractivity contribution in [3.63, 3.8) is 0 Å². The van der Waals surface area contributed by atoms with Crippen LogP contribution in [-0.2, 0) is 6.54 Å². The molecule has 0 spiro atoms. The summed E-state index contributed by atoms with van der Waals surface area (Å²) in [6, 6.07) is 6.98. The van der Waals surface area contributed by atoms with E-state index < -0.39 is 10.7 Å². The molecule has 21 heavy (non-hydrogen) atoms. The molecule has 1 aromatic heterocycles. The Morgan fingerprint density at radius 1 is 1.33 bits per heavy atom. The number of rotatable bonds is 5. The monoisotopic (exact) mass is 310 g/mol. The van der Waals surface area contributed by atoms with Gasteiger partial charge in [-0.05, 0) is 17.7 Å². The van der Waals surface area contributed by atoms with Gasteiger partial charge in [-0.15, -0.1) is 0 Å². The normalized spacial score (nSPS) is 10.2. The highest BCUT2D eigenvalue weighted by molar-refractivity contribution is 6.30. The maximum atomic E-state index is 13.1. The second-order valence-corrected chi connectivity index (χ2v) is 4.61. The van der Waals surface area contributed by atoms with Crippen molar-refractivity contribution in [3.8, 4) is 0 Å². The molecule has 0 radical (unpaired) electrons. The maximum Gasteiger partial charge on any atom is 0.276 e. The summed E-state index contributed by atoms with van der Waals surface area (Å²) in [7, 11) is 1.62. The second-order valence-electron chi connectivity index (χ2n) is 4.20. The van der Waals surface area contributed by atoms with Gasteiger partial charge < -0.3 is 10.6 Å². The molecule has 2 rings (SSSR count). The molecule has 0 bridgehead atoms. The van der Waals surface area contributed by atoms with Gasteiger partial charge in [-0.25, -0.2) is 9.37 Å². The molecule has 0 aliphatic heterocycles. The number of halogens is 2. The number of aromatic nitrogens is 1. The van der Waals surface area contributed by atoms with E-state index in [1.807, 2.05) is 0 Å². The average molecular weight is 311 g/mol. The van der Waals surface area contributed by atoms with E-state index in [1.54, 1.807) is 13.1 Å². The largest absolute Gasteiger partial charge is 0.373 e. The topological polar surface area (TPSA) is 80.1 Å². The van der Waals surface area contributed by atoms with Crippen LogP contribution in [0.5, 0.6) is 0 Å². The third-order valence-electron chi connectivity index (χ3n) is 2.73. The van der Waals surface area contributed by atoms with E-state index in [-0.39, 0.29) is 10.7 Å². The van der Waals surface area contributed by atoms with Gasteiger partial charge in [0.1, 0.15) is 17.5 Å². The van der Waals surface area contributed by atoms with E-state index in [0.717, 1.165) is 5.56 Å². The van der Waals surface area contributed by atoms with E-state index in [2.05, 4.69) is 15.6 Å². The highest BCUT2D eigenvalue weighted by Gasteiger charge is 2.10. The first kappa shape index (κ1) is 15.0. The first-order valence-electron chi connectivity index (χ1n) is 6.01. The summed E-state index contributed by atoms with van der Waals surface area (Å²) < 4.78 is 13.1. The van der Waals surface area contributed by atoms with E-state index >= 15 is 0 Å². The van der Waals surface area contributed by atoms with Crippen LogP contribution in [0, 0.1) is 15.9 Å². The smallest absolute Gasteiger partial charge is 0.276 e. The number of hydrogen-bond acceptors (Lipinski definition) is 5. The number of pyridine rings is 1. The lowest BCUT2D eigenvalue weighted by atomic mass is 10.2. The number of nitro groups is 1. The van der Waals surface area contributed by atoms with Crippen molar-refractivity contribution in [2.24, 2.45) is 0 Å². The van der Waals surface area contributed by atoms with E-state index in [1.165, 1.54) is 24.3 Å². The molecule has 0 saturated carbocycles. The molecule has 0 aliphatic rings. The molecule has 1 heterocycles. The Balaban J connectivity index is 2.17. The molecule has 0 aliphatic carbocycles. The van der Waals surface area contributed by atoms with Gasteiger partial charge >= 0.3 is 0 Å². The molecule has 0 amide bonds. The minimum Gasteiger partial charge on any atom is -0.373 e. The molecular formula is C13H12ClFN4O2. The SMILES string of the molecule is CNc1cc([N+](=O)[O-])cc(NCc2ccc(F)c(Cl)c2)n1. The second kappa shape index (κ2) is 6.36. The first-order chi connectivity index (χ1) is 9.99. The van der Waals surface area contributed by atoms with Crippen molar-refractivity contribution >= 4 is 28.9 Å². The van der Waals surface area contributed by atoms with Gasteiger partial charge in [0.15, 0.2) is 0 Å². The van der Waals surface area contributed by atoms with E-state index in [9.17, 15) is 14.5 Å². The van der Waals surface area contributed by atoms with Crippen LogP contribution in [0.15, 0.2) is 30.3 Å². The fraction of sp³-hybridized carbons (Fsp3) is 0.154. The summed E-state index contributed by atoms with van der Waals surface area (Å²) in [6.45, 7) is 0.317. The van der Waals surface area contributed by atoms with Gasteiger partial charge in [-0.1, -0.05) is 17.7 Å². The molecule has 8 heteroatoms. The van der Waals surface area contributed by atoms with Crippen LogP contribution in [0.25, 0.3) is 0 Å². The minimum absolute atomic E-state index is 0.0252. The number of nitrogens with one attached hydrogen (secondary N) is 2. The molecule has 0 unspecified atom stereocenters. The predicted octanol–water partition coefficient (Wildman–Crippen LogP) is 3.44. The summed E-state index contributed by atoms with van der Waals surface area (Å²) in [4.78, 5) is 14.5. The minimum atomic E-state index is -0.498. The van der Waals surface area contributed by atoms with Gasteiger partial charge in [0.25, 0.3) is 5.69 Å². The Bertz CT molecular complexity index is 681. The Morgan fingerprint density at radius 2 is 2.05 bits per heavy atom. The van der Waals surface area contributed by atoms with Crippen molar-refractivity contribution in [1.29, 1.82) is 0 Å². The number of benzene rings is 1. The number of nitrogens with zero attached hydrogens (tertiary/aromatic N) is 2. The maximum absolute atomic E-state index is 13.1. The Hall–Kier alpha value is -2.41. The summed E-state index contributed by atoms with van der Waals surface area (Å²) >= 11 is 5.69. The van der Waals surface area contributed by atoms with Crippen molar-refractivity contribution < 1.29 is 9.31 Å². The summed E-state index contributed by atoms with van der Waals surface area (Å²) in [5.74, 6) is 0.226. The van der Waals surface area contributed by atoms with Crippen molar-refractivity contribution in [3.05, 3.63) is 56.8 Å². The molecule has 110 valence electrons. The zero-order valence-electron chi connectivity index (χ0n) is 11.1. The third-order valence-corrected chi connectivity index (χ3v) is 3.02. The number of hydrogen-bond donors (Lipinski definition) is 2. The van der Waals surface area contributed by atoms with Crippen LogP contribution in [0.2, 0.25) is 5.02 Å². The molecule has 0 saturated heterocycles. The molecule has 0 atom stereocenters. The fourth-order valence-electron chi connectivity index (χ4n) is 1.68. The highest BCUT2D eigenvalue weighted by Crippen LogP contribution is 2.21. The van der Waals surface area contributed by atoms with Crippen LogP contribution in [0.3, 0.4) is 0 Å². The molecule has 0 fully saturated rings. The summed E-state index contributed by atoms with van der Waals surface area (Å²) in [5.41, 5.74) is 0.662. The zero-order chi connectivity index (χ0) is 15.4. The van der Waals surface area contributed by atoms with Crippen LogP contribution in [-0.4, -0.2) is 17.0 Å². The lowest BCUT2D eigenvalue weighted by Gasteiger charge is -2.08. The quantitative estimate of drug-likeness (QED) is 0.653. The van der Waals surface area contributed by atoms with Gasteiger partial charge in [-0.2, -0.15) is 0 Å². The van der Waals surface area contributed by atoms with Gasteiger partial charge in [-0.3, -0.25) is 10.1 Å². The average Bonchev–Trinajstić information content (AvgIpc) is 2.48. The van der Waals surface area contributed by atoms with Gasteiger partial charge in [0.05, 0.1) is 22.1 Å². The number of anilines is 2. The van der Waals surface area contributed by atoms with Crippen LogP contribution >= 0.6 is 11.6 Å². The fourth-order valence-corrected chi connectivity index (χ4v) is 1.89. The molecule has 2 aromatic rings. The molecule has 1 aromatic carbocycles. The molecule has 2 N–H and O–H groups in total. The molecular weight excluding hydrogens is 299 g/mol. The Labute approximate surface area is 125 Å². The zero-order valence-corrected chi connectivity index (χ0v) is 11.8. The first-order valence-corrected chi connectivity index (χ1v) is 6.39. The van der Waals surface area contributed by atoms with E-state index in [4.69, 9.17) is 11.6 Å². The van der Waals surface area contributed by atoms with Crippen molar-refractivity contribution in [2.75, 3.05) is 17.7 Å². The van der Waals surface area contributed by atoms with Crippen molar-refractivity contribution in [2.45, 2.75) is 6.54 Å². The summed E-state index contributed by atoms with van der Waals surface area (Å²) in [5, 5.41) is 16.6. The van der Waals surface area contributed by atoms with Crippen LogP contribution in [0.4, 0.5) is 21.7 Å². The van der Waals surface area contributed by atoms with Crippen LogP contribution < -0.4 is 10.6 Å². The van der Waals surface area contributed by atoms with Gasteiger partial charge in [0.2, 0.25) is 0 Å².